The van der Waals surface area contributed by atoms with Crippen LogP contribution in [0.3, 0.4) is 0 Å². The van der Waals surface area contributed by atoms with Crippen LogP contribution < -0.4 is 4.72 Å². The van der Waals surface area contributed by atoms with Crippen molar-refractivity contribution in [3.8, 4) is 11.3 Å². The summed E-state index contributed by atoms with van der Waals surface area (Å²) in [7, 11) is -3.78. The first kappa shape index (κ1) is 17.3. The van der Waals surface area contributed by atoms with E-state index in [0.29, 0.717) is 5.69 Å². The molecule has 136 valence electrons. The maximum atomic E-state index is 13.0. The Kier molecular flexibility index (Phi) is 4.20. The fourth-order valence-corrected chi connectivity index (χ4v) is 3.96. The van der Waals surface area contributed by atoms with Crippen molar-refractivity contribution in [2.45, 2.75) is 11.8 Å². The standard InChI is InChI=1S/C21H17FN2O2S/c1-14-2-4-15(5-3-14)21-13-16-12-18(8-11-20(16)23-21)24-27(25,26)19-9-6-17(22)7-10-19/h2-13,23-24H,1H3. The minimum atomic E-state index is -3.78. The molecule has 0 radical (unpaired) electrons. The Morgan fingerprint density at radius 2 is 1.59 bits per heavy atom. The first-order valence-corrected chi connectivity index (χ1v) is 9.87. The maximum absolute atomic E-state index is 13.0. The number of benzene rings is 3. The number of aromatic nitrogens is 1. The smallest absolute Gasteiger partial charge is 0.261 e. The summed E-state index contributed by atoms with van der Waals surface area (Å²) in [5.41, 5.74) is 4.57. The lowest BCUT2D eigenvalue weighted by molar-refractivity contribution is 0.599. The second kappa shape index (κ2) is 6.55. The fourth-order valence-electron chi connectivity index (χ4n) is 2.91. The molecule has 0 saturated carbocycles. The van der Waals surface area contributed by atoms with E-state index in [-0.39, 0.29) is 4.90 Å². The quantitative estimate of drug-likeness (QED) is 0.518. The summed E-state index contributed by atoms with van der Waals surface area (Å²) in [6, 6.07) is 20.2. The molecule has 4 aromatic rings. The zero-order chi connectivity index (χ0) is 19.0. The van der Waals surface area contributed by atoms with E-state index in [2.05, 4.69) is 9.71 Å². The number of aromatic amines is 1. The summed E-state index contributed by atoms with van der Waals surface area (Å²) in [5.74, 6) is -0.480. The number of hydrogen-bond acceptors (Lipinski definition) is 2. The predicted octanol–water partition coefficient (Wildman–Crippen LogP) is 5.08. The van der Waals surface area contributed by atoms with Crippen molar-refractivity contribution in [2.75, 3.05) is 4.72 Å². The normalized spacial score (nSPS) is 11.6. The number of H-pyrrole nitrogens is 1. The molecule has 4 nitrogen and oxygen atoms in total. The van der Waals surface area contributed by atoms with E-state index >= 15 is 0 Å². The van der Waals surface area contributed by atoms with E-state index in [1.165, 1.54) is 17.7 Å². The molecule has 3 aromatic carbocycles. The van der Waals surface area contributed by atoms with Gasteiger partial charge >= 0.3 is 0 Å². The first-order valence-electron chi connectivity index (χ1n) is 8.39. The Morgan fingerprint density at radius 3 is 2.30 bits per heavy atom. The highest BCUT2D eigenvalue weighted by Crippen LogP contribution is 2.27. The highest BCUT2D eigenvalue weighted by Gasteiger charge is 2.14. The van der Waals surface area contributed by atoms with Gasteiger partial charge < -0.3 is 4.98 Å². The molecular formula is C21H17FN2O2S. The Morgan fingerprint density at radius 1 is 0.889 bits per heavy atom. The van der Waals surface area contributed by atoms with Crippen molar-refractivity contribution in [1.82, 2.24) is 4.98 Å². The molecular weight excluding hydrogens is 363 g/mol. The van der Waals surface area contributed by atoms with Gasteiger partial charge in [0.25, 0.3) is 10.0 Å². The van der Waals surface area contributed by atoms with Crippen LogP contribution in [0.1, 0.15) is 5.56 Å². The Bertz CT molecular complexity index is 1210. The molecule has 0 atom stereocenters. The van der Waals surface area contributed by atoms with Crippen LogP contribution in [-0.4, -0.2) is 13.4 Å². The number of anilines is 1. The molecule has 4 rings (SSSR count). The van der Waals surface area contributed by atoms with Crippen LogP contribution in [0.5, 0.6) is 0 Å². The third kappa shape index (κ3) is 3.57. The van der Waals surface area contributed by atoms with Gasteiger partial charge in [-0.25, -0.2) is 12.8 Å². The van der Waals surface area contributed by atoms with Crippen molar-refractivity contribution in [3.05, 3.63) is 84.2 Å². The molecule has 0 aliphatic heterocycles. The van der Waals surface area contributed by atoms with E-state index in [1.54, 1.807) is 12.1 Å². The molecule has 0 bridgehead atoms. The van der Waals surface area contributed by atoms with Crippen LogP contribution >= 0.6 is 0 Å². The largest absolute Gasteiger partial charge is 0.355 e. The monoisotopic (exact) mass is 380 g/mol. The van der Waals surface area contributed by atoms with Gasteiger partial charge in [0.2, 0.25) is 0 Å². The van der Waals surface area contributed by atoms with Gasteiger partial charge in [-0.1, -0.05) is 29.8 Å². The van der Waals surface area contributed by atoms with Gasteiger partial charge in [0, 0.05) is 22.3 Å². The van der Waals surface area contributed by atoms with Gasteiger partial charge in [0.15, 0.2) is 0 Å². The van der Waals surface area contributed by atoms with Gasteiger partial charge in [0.1, 0.15) is 5.82 Å². The number of sulfonamides is 1. The van der Waals surface area contributed by atoms with Crippen molar-refractivity contribution in [3.63, 3.8) is 0 Å². The van der Waals surface area contributed by atoms with Crippen LogP contribution in [0.2, 0.25) is 0 Å². The zero-order valence-electron chi connectivity index (χ0n) is 14.5. The molecule has 0 unspecified atom stereocenters. The van der Waals surface area contributed by atoms with Crippen molar-refractivity contribution in [2.24, 2.45) is 0 Å². The summed E-state index contributed by atoms with van der Waals surface area (Å²) in [6.07, 6.45) is 0. The molecule has 0 spiro atoms. The average molecular weight is 380 g/mol. The summed E-state index contributed by atoms with van der Waals surface area (Å²) in [5, 5.41) is 0.893. The molecule has 6 heteroatoms. The van der Waals surface area contributed by atoms with Gasteiger partial charge in [-0.15, -0.1) is 0 Å². The lowest BCUT2D eigenvalue weighted by Crippen LogP contribution is -2.12. The number of halogens is 1. The van der Waals surface area contributed by atoms with E-state index in [9.17, 15) is 12.8 Å². The molecule has 0 amide bonds. The SMILES string of the molecule is Cc1ccc(-c2cc3cc(NS(=O)(=O)c4ccc(F)cc4)ccc3[nH]2)cc1. The number of aryl methyl sites for hydroxylation is 1. The minimum absolute atomic E-state index is 0.0124. The van der Waals surface area contributed by atoms with E-state index in [1.807, 2.05) is 43.3 Å². The molecule has 27 heavy (non-hydrogen) atoms. The molecule has 1 aromatic heterocycles. The zero-order valence-corrected chi connectivity index (χ0v) is 15.3. The fraction of sp³-hybridized carbons (Fsp3) is 0.0476. The average Bonchev–Trinajstić information content (AvgIpc) is 3.05. The van der Waals surface area contributed by atoms with E-state index in [0.717, 1.165) is 34.3 Å². The van der Waals surface area contributed by atoms with Crippen LogP contribution in [-0.2, 0) is 10.0 Å². The van der Waals surface area contributed by atoms with Crippen LogP contribution in [0.15, 0.2) is 77.7 Å². The third-order valence-electron chi connectivity index (χ3n) is 4.36. The Balaban J connectivity index is 1.65. The number of nitrogens with one attached hydrogen (secondary N) is 2. The number of fused-ring (bicyclic) bond motifs is 1. The topological polar surface area (TPSA) is 62.0 Å². The maximum Gasteiger partial charge on any atom is 0.261 e. The van der Waals surface area contributed by atoms with Crippen LogP contribution in [0.4, 0.5) is 10.1 Å². The number of hydrogen-bond donors (Lipinski definition) is 2. The highest BCUT2D eigenvalue weighted by molar-refractivity contribution is 7.92. The molecule has 0 aliphatic rings. The second-order valence-corrected chi connectivity index (χ2v) is 8.09. The minimum Gasteiger partial charge on any atom is -0.355 e. The van der Waals surface area contributed by atoms with Gasteiger partial charge in [0.05, 0.1) is 4.90 Å². The highest BCUT2D eigenvalue weighted by atomic mass is 32.2. The van der Waals surface area contributed by atoms with Gasteiger partial charge in [-0.05, 0) is 61.0 Å². The Labute approximate surface area is 156 Å². The van der Waals surface area contributed by atoms with Crippen molar-refractivity contribution < 1.29 is 12.8 Å². The van der Waals surface area contributed by atoms with E-state index in [4.69, 9.17) is 0 Å². The molecule has 0 aliphatic carbocycles. The number of rotatable bonds is 4. The van der Waals surface area contributed by atoms with Gasteiger partial charge in [-0.3, -0.25) is 4.72 Å². The summed E-state index contributed by atoms with van der Waals surface area (Å²) in [6.45, 7) is 2.04. The molecule has 0 fully saturated rings. The van der Waals surface area contributed by atoms with Crippen LogP contribution in [0.25, 0.3) is 22.2 Å². The summed E-state index contributed by atoms with van der Waals surface area (Å²) >= 11 is 0. The van der Waals surface area contributed by atoms with Gasteiger partial charge in [-0.2, -0.15) is 0 Å². The van der Waals surface area contributed by atoms with Crippen molar-refractivity contribution >= 4 is 26.6 Å². The van der Waals surface area contributed by atoms with Crippen LogP contribution in [0, 0.1) is 12.7 Å². The van der Waals surface area contributed by atoms with Crippen molar-refractivity contribution in [1.29, 1.82) is 0 Å². The van der Waals surface area contributed by atoms with E-state index < -0.39 is 15.8 Å². The second-order valence-electron chi connectivity index (χ2n) is 6.41. The predicted molar refractivity (Wildman–Crippen MR) is 106 cm³/mol. The lowest BCUT2D eigenvalue weighted by Gasteiger charge is -2.08. The molecule has 0 saturated heterocycles. The molecule has 1 heterocycles. The third-order valence-corrected chi connectivity index (χ3v) is 5.76. The first-order chi connectivity index (χ1) is 12.9. The molecule has 2 N–H and O–H groups in total. The summed E-state index contributed by atoms with van der Waals surface area (Å²) in [4.78, 5) is 3.35. The Hall–Kier alpha value is -3.12. The summed E-state index contributed by atoms with van der Waals surface area (Å²) < 4.78 is 40.5. The lowest BCUT2D eigenvalue weighted by atomic mass is 10.1.